The highest BCUT2D eigenvalue weighted by Crippen LogP contribution is 2.17. The maximum Gasteiger partial charge on any atom is 0.258 e. The number of pyridine rings is 2. The summed E-state index contributed by atoms with van der Waals surface area (Å²) in [6.45, 7) is 9.43. The molecule has 234 valence electrons. The van der Waals surface area contributed by atoms with E-state index in [1.807, 2.05) is 78.9 Å². The summed E-state index contributed by atoms with van der Waals surface area (Å²) in [5.41, 5.74) is 3.88. The Kier molecular flexibility index (Phi) is 12.6. The van der Waals surface area contributed by atoms with Gasteiger partial charge in [0.25, 0.3) is 11.1 Å². The largest absolute Gasteiger partial charge is 0.489 e. The van der Waals surface area contributed by atoms with E-state index in [-0.39, 0.29) is 11.1 Å². The second-order valence-corrected chi connectivity index (χ2v) is 10.5. The highest BCUT2D eigenvalue weighted by molar-refractivity contribution is 5.50. The van der Waals surface area contributed by atoms with Crippen LogP contribution in [-0.2, 0) is 13.2 Å². The standard InChI is InChI=1S/C25H31N3O2.C12H11NO2/c1-4-27(5-2)18-17-26(3)22-11-13-23(14-12-22)28-16-15-24(19-25(28)29)30-20-21-9-7-6-8-10-21;14-12-8-11(6-7-13-12)15-9-10-4-2-1-3-5-10/h6-16,19H,4-5,17-18,20H2,1-3H3;1-8H,9H2,(H,13,14). The van der Waals surface area contributed by atoms with Crippen molar-refractivity contribution in [3.8, 4) is 17.2 Å². The van der Waals surface area contributed by atoms with Gasteiger partial charge in [-0.15, -0.1) is 0 Å². The lowest BCUT2D eigenvalue weighted by Crippen LogP contribution is -2.33. The molecule has 2 heterocycles. The number of likely N-dealkylation sites (N-methyl/N-ethyl adjacent to an activating group) is 2. The van der Waals surface area contributed by atoms with Crippen LogP contribution in [0.2, 0.25) is 0 Å². The van der Waals surface area contributed by atoms with Crippen molar-refractivity contribution in [1.82, 2.24) is 14.5 Å². The smallest absolute Gasteiger partial charge is 0.258 e. The van der Waals surface area contributed by atoms with E-state index < -0.39 is 0 Å². The molecule has 0 saturated carbocycles. The minimum absolute atomic E-state index is 0.108. The van der Waals surface area contributed by atoms with Crippen LogP contribution in [0.15, 0.2) is 131 Å². The SMILES string of the molecule is CCN(CC)CCN(C)c1ccc(-n2ccc(OCc3ccccc3)cc2=O)cc1.O=c1cc(OCc2ccccc2)cc[nH]1. The lowest BCUT2D eigenvalue weighted by Gasteiger charge is -2.24. The predicted octanol–water partition coefficient (Wildman–Crippen LogP) is 6.15. The summed E-state index contributed by atoms with van der Waals surface area (Å²) in [5, 5.41) is 0. The fourth-order valence-electron chi connectivity index (χ4n) is 4.59. The van der Waals surface area contributed by atoms with Crippen LogP contribution >= 0.6 is 0 Å². The third-order valence-corrected chi connectivity index (χ3v) is 7.35. The molecule has 0 amide bonds. The van der Waals surface area contributed by atoms with Crippen molar-refractivity contribution in [2.75, 3.05) is 38.1 Å². The maximum atomic E-state index is 12.6. The average Bonchev–Trinajstić information content (AvgIpc) is 3.08. The summed E-state index contributed by atoms with van der Waals surface area (Å²) in [6, 6.07) is 34.3. The highest BCUT2D eigenvalue weighted by atomic mass is 16.5. The van der Waals surface area contributed by atoms with Crippen molar-refractivity contribution in [2.24, 2.45) is 0 Å². The molecule has 3 aromatic carbocycles. The lowest BCUT2D eigenvalue weighted by atomic mass is 10.2. The summed E-state index contributed by atoms with van der Waals surface area (Å²) in [5.74, 6) is 1.16. The zero-order valence-corrected chi connectivity index (χ0v) is 26.3. The molecule has 0 radical (unpaired) electrons. The third kappa shape index (κ3) is 10.5. The van der Waals surface area contributed by atoms with Gasteiger partial charge in [0.05, 0.1) is 0 Å². The molecule has 8 nitrogen and oxygen atoms in total. The van der Waals surface area contributed by atoms with Gasteiger partial charge in [-0.3, -0.25) is 14.2 Å². The minimum atomic E-state index is -0.152. The zero-order chi connectivity index (χ0) is 31.9. The topological polar surface area (TPSA) is 79.8 Å². The first-order valence-corrected chi connectivity index (χ1v) is 15.2. The van der Waals surface area contributed by atoms with Crippen LogP contribution in [0, 0.1) is 0 Å². The molecule has 0 fully saturated rings. The van der Waals surface area contributed by atoms with Gasteiger partial charge in [0.15, 0.2) is 0 Å². The molecule has 5 rings (SSSR count). The van der Waals surface area contributed by atoms with E-state index in [0.717, 1.165) is 48.7 Å². The first kappa shape index (κ1) is 32.8. The van der Waals surface area contributed by atoms with Crippen molar-refractivity contribution in [3.63, 3.8) is 0 Å². The molecule has 0 saturated heterocycles. The monoisotopic (exact) mass is 606 g/mol. The normalized spacial score (nSPS) is 10.6. The predicted molar refractivity (Wildman–Crippen MR) is 182 cm³/mol. The minimum Gasteiger partial charge on any atom is -0.489 e. The number of aromatic amines is 1. The van der Waals surface area contributed by atoms with E-state index in [0.29, 0.717) is 24.7 Å². The Morgan fingerprint density at radius 3 is 1.80 bits per heavy atom. The number of anilines is 1. The van der Waals surface area contributed by atoms with Crippen molar-refractivity contribution >= 4 is 5.69 Å². The quantitative estimate of drug-likeness (QED) is 0.173. The summed E-state index contributed by atoms with van der Waals surface area (Å²) >= 11 is 0. The van der Waals surface area contributed by atoms with Gasteiger partial charge < -0.3 is 24.3 Å². The van der Waals surface area contributed by atoms with Crippen molar-refractivity contribution in [2.45, 2.75) is 27.1 Å². The highest BCUT2D eigenvalue weighted by Gasteiger charge is 2.07. The van der Waals surface area contributed by atoms with Gasteiger partial charge in [-0.25, -0.2) is 0 Å². The van der Waals surface area contributed by atoms with Gasteiger partial charge in [-0.2, -0.15) is 0 Å². The van der Waals surface area contributed by atoms with E-state index >= 15 is 0 Å². The lowest BCUT2D eigenvalue weighted by molar-refractivity contribution is 0.305. The second-order valence-electron chi connectivity index (χ2n) is 10.5. The van der Waals surface area contributed by atoms with Crippen LogP contribution < -0.4 is 25.5 Å². The zero-order valence-electron chi connectivity index (χ0n) is 26.3. The Labute approximate surface area is 265 Å². The van der Waals surface area contributed by atoms with Gasteiger partial charge in [0.2, 0.25) is 0 Å². The number of nitrogens with one attached hydrogen (secondary N) is 1. The molecule has 0 aliphatic carbocycles. The number of H-pyrrole nitrogens is 1. The molecular formula is C37H42N4O4. The van der Waals surface area contributed by atoms with E-state index in [1.54, 1.807) is 23.0 Å². The number of hydrogen-bond donors (Lipinski definition) is 1. The molecule has 0 aliphatic heterocycles. The number of rotatable bonds is 13. The van der Waals surface area contributed by atoms with Gasteiger partial charge in [0.1, 0.15) is 24.7 Å². The summed E-state index contributed by atoms with van der Waals surface area (Å²) in [6.07, 6.45) is 3.34. The van der Waals surface area contributed by atoms with E-state index in [2.05, 4.69) is 47.8 Å². The fraction of sp³-hybridized carbons (Fsp3) is 0.243. The van der Waals surface area contributed by atoms with Crippen LogP contribution in [0.25, 0.3) is 5.69 Å². The molecule has 0 atom stereocenters. The Morgan fingerprint density at radius 2 is 1.27 bits per heavy atom. The van der Waals surface area contributed by atoms with Crippen LogP contribution in [0.5, 0.6) is 11.5 Å². The van der Waals surface area contributed by atoms with Crippen molar-refractivity contribution in [1.29, 1.82) is 0 Å². The summed E-state index contributed by atoms with van der Waals surface area (Å²) in [7, 11) is 2.10. The molecular weight excluding hydrogens is 564 g/mol. The first-order chi connectivity index (χ1) is 21.9. The molecule has 0 bridgehead atoms. The maximum absolute atomic E-state index is 12.6. The first-order valence-electron chi connectivity index (χ1n) is 15.2. The molecule has 8 heteroatoms. The van der Waals surface area contributed by atoms with Crippen molar-refractivity contribution in [3.05, 3.63) is 153 Å². The number of ether oxygens (including phenoxy) is 2. The van der Waals surface area contributed by atoms with Gasteiger partial charge >= 0.3 is 0 Å². The van der Waals surface area contributed by atoms with Crippen LogP contribution in [0.3, 0.4) is 0 Å². The summed E-state index contributed by atoms with van der Waals surface area (Å²) < 4.78 is 12.8. The van der Waals surface area contributed by atoms with Crippen LogP contribution in [-0.4, -0.2) is 47.7 Å². The molecule has 0 spiro atoms. The Balaban J connectivity index is 0.000000256. The van der Waals surface area contributed by atoms with Gasteiger partial charge in [-0.05, 0) is 60.6 Å². The number of nitrogens with zero attached hydrogens (tertiary/aromatic N) is 3. The van der Waals surface area contributed by atoms with Gasteiger partial charge in [-0.1, -0.05) is 74.5 Å². The average molecular weight is 607 g/mol. The number of benzene rings is 3. The fourth-order valence-corrected chi connectivity index (χ4v) is 4.59. The van der Waals surface area contributed by atoms with Crippen molar-refractivity contribution < 1.29 is 9.47 Å². The number of aromatic nitrogens is 2. The molecule has 0 aliphatic rings. The molecule has 1 N–H and O–H groups in total. The molecule has 0 unspecified atom stereocenters. The molecule has 2 aromatic heterocycles. The van der Waals surface area contributed by atoms with Crippen LogP contribution in [0.4, 0.5) is 5.69 Å². The Morgan fingerprint density at radius 1 is 0.689 bits per heavy atom. The molecule has 45 heavy (non-hydrogen) atoms. The molecule has 5 aromatic rings. The second kappa shape index (κ2) is 17.3. The Hall–Kier alpha value is -5.08. The van der Waals surface area contributed by atoms with Crippen LogP contribution in [0.1, 0.15) is 25.0 Å². The third-order valence-electron chi connectivity index (χ3n) is 7.35. The van der Waals surface area contributed by atoms with Gasteiger partial charge in [0, 0.05) is 56.0 Å². The Bertz CT molecular complexity index is 1680. The summed E-state index contributed by atoms with van der Waals surface area (Å²) in [4.78, 5) is 30.7. The number of hydrogen-bond acceptors (Lipinski definition) is 6. The van der Waals surface area contributed by atoms with E-state index in [9.17, 15) is 9.59 Å². The van der Waals surface area contributed by atoms with E-state index in [1.165, 1.54) is 12.1 Å². The van der Waals surface area contributed by atoms with E-state index in [4.69, 9.17) is 9.47 Å².